The van der Waals surface area contributed by atoms with E-state index in [4.69, 9.17) is 4.98 Å². The van der Waals surface area contributed by atoms with Crippen LogP contribution in [0.15, 0.2) is 60.7 Å². The van der Waals surface area contributed by atoms with Gasteiger partial charge in [0.25, 0.3) is 0 Å². The Bertz CT molecular complexity index is 1120. The summed E-state index contributed by atoms with van der Waals surface area (Å²) in [5.74, 6) is 0.939. The Morgan fingerprint density at radius 2 is 1.81 bits per heavy atom. The molecule has 27 heavy (non-hydrogen) atoms. The number of fused-ring (bicyclic) bond motifs is 3. The van der Waals surface area contributed by atoms with Gasteiger partial charge in [-0.25, -0.2) is 4.98 Å². The molecule has 0 aliphatic carbocycles. The Morgan fingerprint density at radius 1 is 1.04 bits per heavy atom. The van der Waals surface area contributed by atoms with Crippen molar-refractivity contribution in [1.29, 1.82) is 5.26 Å². The fourth-order valence-electron chi connectivity index (χ4n) is 3.37. The second kappa shape index (κ2) is 7.48. The summed E-state index contributed by atoms with van der Waals surface area (Å²) in [6.07, 6.45) is 0. The van der Waals surface area contributed by atoms with E-state index >= 15 is 0 Å². The summed E-state index contributed by atoms with van der Waals surface area (Å²) < 4.78 is 2.05. The number of nitriles is 1. The molecule has 134 valence electrons. The van der Waals surface area contributed by atoms with E-state index in [9.17, 15) is 5.26 Å². The zero-order valence-electron chi connectivity index (χ0n) is 15.2. The summed E-state index contributed by atoms with van der Waals surface area (Å²) in [6.45, 7) is 4.69. The van der Waals surface area contributed by atoms with Crippen molar-refractivity contribution in [3.05, 3.63) is 66.2 Å². The molecule has 0 saturated carbocycles. The highest BCUT2D eigenvalue weighted by atomic mass is 15.1. The monoisotopic (exact) mass is 355 g/mol. The fourth-order valence-corrected chi connectivity index (χ4v) is 3.37. The molecule has 4 aromatic rings. The first-order chi connectivity index (χ1) is 13.3. The van der Waals surface area contributed by atoms with Crippen LogP contribution >= 0.6 is 0 Å². The van der Waals surface area contributed by atoms with Crippen molar-refractivity contribution in [3.63, 3.8) is 0 Å². The number of nitrogens with zero attached hydrogens (tertiary/aromatic N) is 3. The molecule has 2 aromatic heterocycles. The van der Waals surface area contributed by atoms with Crippen LogP contribution in [0.2, 0.25) is 0 Å². The molecule has 4 rings (SSSR count). The minimum Gasteiger partial charge on any atom is -0.370 e. The van der Waals surface area contributed by atoms with Crippen LogP contribution < -0.4 is 10.6 Å². The van der Waals surface area contributed by atoms with Gasteiger partial charge in [0.2, 0.25) is 0 Å². The third-order valence-corrected chi connectivity index (χ3v) is 4.63. The Kier molecular flexibility index (Phi) is 4.73. The predicted octanol–water partition coefficient (Wildman–Crippen LogP) is 4.05. The summed E-state index contributed by atoms with van der Waals surface area (Å²) in [4.78, 5) is 4.76. The number of anilines is 1. The van der Waals surface area contributed by atoms with Crippen LogP contribution in [0.25, 0.3) is 27.8 Å². The van der Waals surface area contributed by atoms with Gasteiger partial charge in [-0.2, -0.15) is 5.26 Å². The van der Waals surface area contributed by atoms with E-state index in [-0.39, 0.29) is 0 Å². The molecule has 5 nitrogen and oxygen atoms in total. The minimum absolute atomic E-state index is 0.592. The van der Waals surface area contributed by atoms with Gasteiger partial charge in [0.15, 0.2) is 5.65 Å². The van der Waals surface area contributed by atoms with Crippen molar-refractivity contribution in [1.82, 2.24) is 14.7 Å². The number of aromatic nitrogens is 2. The maximum atomic E-state index is 9.91. The van der Waals surface area contributed by atoms with Crippen molar-refractivity contribution in [2.45, 2.75) is 6.92 Å². The normalized spacial score (nSPS) is 11.0. The second-order valence-electron chi connectivity index (χ2n) is 6.34. The molecule has 2 N–H and O–H groups in total. The molecule has 0 unspecified atom stereocenters. The molecule has 0 atom stereocenters. The number of benzene rings is 2. The molecule has 2 heterocycles. The number of hydrogen-bond donors (Lipinski definition) is 2. The predicted molar refractivity (Wildman–Crippen MR) is 110 cm³/mol. The molecule has 0 fully saturated rings. The van der Waals surface area contributed by atoms with Crippen molar-refractivity contribution in [2.75, 3.05) is 25.0 Å². The van der Waals surface area contributed by atoms with E-state index in [0.717, 1.165) is 47.6 Å². The van der Waals surface area contributed by atoms with Gasteiger partial charge in [0.05, 0.1) is 11.0 Å². The molecule has 5 heteroatoms. The number of pyridine rings is 1. The summed E-state index contributed by atoms with van der Waals surface area (Å²) in [6, 6.07) is 22.4. The van der Waals surface area contributed by atoms with Gasteiger partial charge in [-0.1, -0.05) is 49.4 Å². The zero-order valence-corrected chi connectivity index (χ0v) is 15.2. The Morgan fingerprint density at radius 3 is 2.59 bits per heavy atom. The minimum atomic E-state index is 0.592. The van der Waals surface area contributed by atoms with Crippen LogP contribution in [0.1, 0.15) is 12.5 Å². The van der Waals surface area contributed by atoms with Crippen molar-refractivity contribution in [2.24, 2.45) is 0 Å². The van der Waals surface area contributed by atoms with E-state index < -0.39 is 0 Å². The summed E-state index contributed by atoms with van der Waals surface area (Å²) in [7, 11) is 0. The van der Waals surface area contributed by atoms with Gasteiger partial charge in [-0.3, -0.25) is 4.40 Å². The number of para-hydroxylation sites is 2. The van der Waals surface area contributed by atoms with Crippen LogP contribution in [0.3, 0.4) is 0 Å². The molecule has 2 aromatic carbocycles. The van der Waals surface area contributed by atoms with Gasteiger partial charge in [-0.15, -0.1) is 0 Å². The summed E-state index contributed by atoms with van der Waals surface area (Å²) in [5, 5.41) is 16.7. The van der Waals surface area contributed by atoms with E-state index in [0.29, 0.717) is 11.2 Å². The Labute approximate surface area is 158 Å². The van der Waals surface area contributed by atoms with Crippen LogP contribution in [0.4, 0.5) is 5.82 Å². The number of hydrogen-bond acceptors (Lipinski definition) is 4. The van der Waals surface area contributed by atoms with Crippen molar-refractivity contribution in [3.8, 4) is 17.2 Å². The third kappa shape index (κ3) is 3.12. The highest BCUT2D eigenvalue weighted by Crippen LogP contribution is 2.32. The van der Waals surface area contributed by atoms with Crippen molar-refractivity contribution < 1.29 is 0 Å². The van der Waals surface area contributed by atoms with Gasteiger partial charge in [0, 0.05) is 18.7 Å². The van der Waals surface area contributed by atoms with Crippen LogP contribution in [0.5, 0.6) is 0 Å². The molecule has 0 aliphatic heterocycles. The topological polar surface area (TPSA) is 65.1 Å². The zero-order chi connectivity index (χ0) is 18.6. The van der Waals surface area contributed by atoms with E-state index in [1.807, 2.05) is 59.0 Å². The summed E-state index contributed by atoms with van der Waals surface area (Å²) >= 11 is 0. The largest absolute Gasteiger partial charge is 0.370 e. The Balaban J connectivity index is 1.96. The van der Waals surface area contributed by atoms with Gasteiger partial charge < -0.3 is 10.6 Å². The molecular weight excluding hydrogens is 334 g/mol. The van der Waals surface area contributed by atoms with Crippen molar-refractivity contribution >= 4 is 22.5 Å². The lowest BCUT2D eigenvalue weighted by atomic mass is 10.0. The first-order valence-electron chi connectivity index (χ1n) is 9.17. The van der Waals surface area contributed by atoms with Crippen LogP contribution in [-0.4, -0.2) is 29.0 Å². The average Bonchev–Trinajstić information content (AvgIpc) is 3.11. The number of nitrogens with one attached hydrogen (secondary N) is 2. The standard InChI is InChI=1S/C22H21N5/c1-2-24-12-13-25-21-14-17(16-8-4-3-5-9-16)18(15-23)22-26-19-10-6-7-11-20(19)27(21)22/h3-11,14,24-25H,2,12-13H2,1H3. The molecule has 0 aliphatic rings. The van der Waals surface area contributed by atoms with Crippen LogP contribution in [0, 0.1) is 11.3 Å². The SMILES string of the molecule is CCNCCNc1cc(-c2ccccc2)c(C#N)c2nc3ccccc3n12. The maximum absolute atomic E-state index is 9.91. The fraction of sp³-hybridized carbons (Fsp3) is 0.182. The molecular formula is C22H21N5. The number of imidazole rings is 1. The quantitative estimate of drug-likeness (QED) is 0.512. The number of likely N-dealkylation sites (N-methyl/N-ethyl adjacent to an activating group) is 1. The van der Waals surface area contributed by atoms with Gasteiger partial charge in [0.1, 0.15) is 17.5 Å². The lowest BCUT2D eigenvalue weighted by molar-refractivity contribution is 0.737. The average molecular weight is 355 g/mol. The van der Waals surface area contributed by atoms with Gasteiger partial charge >= 0.3 is 0 Å². The molecule has 0 spiro atoms. The van der Waals surface area contributed by atoms with E-state index in [1.165, 1.54) is 0 Å². The van der Waals surface area contributed by atoms with Crippen LogP contribution in [-0.2, 0) is 0 Å². The lowest BCUT2D eigenvalue weighted by Crippen LogP contribution is -2.22. The lowest BCUT2D eigenvalue weighted by Gasteiger charge is -2.14. The smallest absolute Gasteiger partial charge is 0.158 e. The van der Waals surface area contributed by atoms with E-state index in [1.54, 1.807) is 0 Å². The molecule has 0 radical (unpaired) electrons. The molecule has 0 bridgehead atoms. The molecule has 0 amide bonds. The maximum Gasteiger partial charge on any atom is 0.158 e. The first-order valence-corrected chi connectivity index (χ1v) is 9.17. The highest BCUT2D eigenvalue weighted by Gasteiger charge is 2.17. The first kappa shape index (κ1) is 17.1. The Hall–Kier alpha value is -3.36. The highest BCUT2D eigenvalue weighted by molar-refractivity contribution is 5.89. The second-order valence-corrected chi connectivity index (χ2v) is 6.34. The number of rotatable bonds is 6. The van der Waals surface area contributed by atoms with E-state index in [2.05, 4.69) is 29.7 Å². The third-order valence-electron chi connectivity index (χ3n) is 4.63. The molecule has 0 saturated heterocycles. The summed E-state index contributed by atoms with van der Waals surface area (Å²) in [5.41, 5.74) is 5.06. The van der Waals surface area contributed by atoms with Gasteiger partial charge in [-0.05, 0) is 30.3 Å².